The number of rotatable bonds is 4. The van der Waals surface area contributed by atoms with Crippen molar-refractivity contribution < 1.29 is 4.79 Å². The molecule has 0 aromatic carbocycles. The molecule has 5 nitrogen and oxygen atoms in total. The predicted octanol–water partition coefficient (Wildman–Crippen LogP) is 2.03. The van der Waals surface area contributed by atoms with Gasteiger partial charge >= 0.3 is 0 Å². The van der Waals surface area contributed by atoms with Crippen LogP contribution in [-0.2, 0) is 17.6 Å². The Labute approximate surface area is 135 Å². The molecule has 1 unspecified atom stereocenters. The number of carbonyl (C=O) groups is 1. The molecule has 6 heteroatoms. The van der Waals surface area contributed by atoms with Crippen molar-refractivity contribution in [2.45, 2.75) is 57.1 Å². The quantitative estimate of drug-likeness (QED) is 0.796. The first-order chi connectivity index (χ1) is 10.7. The van der Waals surface area contributed by atoms with Crippen LogP contribution in [0, 0.1) is 0 Å². The number of fused-ring (bicyclic) bond motifs is 2. The maximum absolute atomic E-state index is 12.8. The summed E-state index contributed by atoms with van der Waals surface area (Å²) in [6.45, 7) is 5.42. The summed E-state index contributed by atoms with van der Waals surface area (Å²) >= 11 is 1.61. The van der Waals surface area contributed by atoms with Crippen molar-refractivity contribution in [2.24, 2.45) is 0 Å². The number of hydrogen-bond acceptors (Lipinski definition) is 4. The zero-order chi connectivity index (χ0) is 15.7. The van der Waals surface area contributed by atoms with Gasteiger partial charge in [0.25, 0.3) is 5.56 Å². The largest absolute Gasteiger partial charge is 0.343 e. The van der Waals surface area contributed by atoms with Crippen LogP contribution < -0.4 is 5.56 Å². The second-order valence-electron chi connectivity index (χ2n) is 5.94. The van der Waals surface area contributed by atoms with E-state index >= 15 is 0 Å². The molecule has 0 spiro atoms. The Kier molecular flexibility index (Phi) is 4.57. The van der Waals surface area contributed by atoms with Crippen LogP contribution in [0.5, 0.6) is 0 Å². The average molecular weight is 321 g/mol. The predicted molar refractivity (Wildman–Crippen MR) is 87.4 cm³/mol. The topological polar surface area (TPSA) is 55.2 Å². The molecule has 0 saturated carbocycles. The fourth-order valence-electron chi connectivity index (χ4n) is 3.37. The monoisotopic (exact) mass is 321 g/mol. The summed E-state index contributed by atoms with van der Waals surface area (Å²) in [6, 6.07) is -0.0414. The summed E-state index contributed by atoms with van der Waals surface area (Å²) in [4.78, 5) is 31.7. The van der Waals surface area contributed by atoms with Crippen LogP contribution in [0.1, 0.15) is 50.4 Å². The van der Waals surface area contributed by atoms with Crippen molar-refractivity contribution in [1.82, 2.24) is 14.5 Å². The third-order valence-electron chi connectivity index (χ3n) is 4.65. The fourth-order valence-corrected chi connectivity index (χ4v) is 4.53. The van der Waals surface area contributed by atoms with Gasteiger partial charge in [-0.05, 0) is 39.5 Å². The Bertz CT molecular complexity index is 637. The van der Waals surface area contributed by atoms with Gasteiger partial charge in [-0.2, -0.15) is 0 Å². The first-order valence-corrected chi connectivity index (χ1v) is 9.19. The van der Waals surface area contributed by atoms with E-state index in [4.69, 9.17) is 4.98 Å². The van der Waals surface area contributed by atoms with Gasteiger partial charge in [-0.3, -0.25) is 14.2 Å². The highest BCUT2D eigenvalue weighted by molar-refractivity contribution is 7.99. The first-order valence-electron chi connectivity index (χ1n) is 8.20. The molecule has 1 aromatic rings. The lowest BCUT2D eigenvalue weighted by atomic mass is 9.97. The minimum absolute atomic E-state index is 0.0414. The highest BCUT2D eigenvalue weighted by Crippen LogP contribution is 2.34. The van der Waals surface area contributed by atoms with E-state index in [2.05, 4.69) is 0 Å². The molecule has 2 heterocycles. The van der Waals surface area contributed by atoms with Crippen LogP contribution in [0.2, 0.25) is 0 Å². The summed E-state index contributed by atoms with van der Waals surface area (Å²) < 4.78 is 1.79. The highest BCUT2D eigenvalue weighted by atomic mass is 32.2. The van der Waals surface area contributed by atoms with E-state index in [-0.39, 0.29) is 17.5 Å². The molecular formula is C16H23N3O2S. The smallest absolute Gasteiger partial charge is 0.257 e. The number of hydrogen-bond donors (Lipinski definition) is 0. The molecule has 1 amide bonds. The molecule has 1 aromatic heterocycles. The Hall–Kier alpha value is -1.30. The zero-order valence-corrected chi connectivity index (χ0v) is 14.1. The van der Waals surface area contributed by atoms with Crippen LogP contribution in [0.3, 0.4) is 0 Å². The number of carbonyl (C=O) groups excluding carboxylic acids is 1. The third-order valence-corrected chi connectivity index (χ3v) is 5.75. The van der Waals surface area contributed by atoms with Crippen molar-refractivity contribution in [3.63, 3.8) is 0 Å². The van der Waals surface area contributed by atoms with Gasteiger partial charge in [0.2, 0.25) is 5.91 Å². The molecule has 2 aliphatic rings. The van der Waals surface area contributed by atoms with E-state index in [1.165, 1.54) is 0 Å². The minimum Gasteiger partial charge on any atom is -0.343 e. The van der Waals surface area contributed by atoms with Gasteiger partial charge < -0.3 is 4.90 Å². The normalized spacial score (nSPS) is 19.6. The molecule has 0 N–H and O–H groups in total. The molecule has 3 rings (SSSR count). The molecule has 0 bridgehead atoms. The molecule has 1 aliphatic carbocycles. The summed E-state index contributed by atoms with van der Waals surface area (Å²) in [7, 11) is 0. The number of thioether (sulfide) groups is 1. The van der Waals surface area contributed by atoms with Gasteiger partial charge in [-0.25, -0.2) is 4.98 Å². The second kappa shape index (κ2) is 6.44. The molecular weight excluding hydrogens is 298 g/mol. The van der Waals surface area contributed by atoms with Crippen LogP contribution >= 0.6 is 11.8 Å². The SMILES string of the molecule is CCN(CC)C(=O)CC1CSc2nc3c(c(=O)n21)CCCC3. The van der Waals surface area contributed by atoms with E-state index in [0.29, 0.717) is 6.42 Å². The average Bonchev–Trinajstić information content (AvgIpc) is 2.92. The molecule has 0 radical (unpaired) electrons. The third kappa shape index (κ3) is 2.69. The van der Waals surface area contributed by atoms with Gasteiger partial charge in [0.05, 0.1) is 11.7 Å². The lowest BCUT2D eigenvalue weighted by molar-refractivity contribution is -0.131. The highest BCUT2D eigenvalue weighted by Gasteiger charge is 2.31. The number of aromatic nitrogens is 2. The summed E-state index contributed by atoms with van der Waals surface area (Å²) in [5.41, 5.74) is 1.98. The van der Waals surface area contributed by atoms with Gasteiger partial charge in [0.1, 0.15) is 0 Å². The molecule has 0 fully saturated rings. The standard InChI is InChI=1S/C16H23N3O2S/c1-3-18(4-2)14(20)9-11-10-22-16-17-13-8-6-5-7-12(13)15(21)19(11)16/h11H,3-10H2,1-2H3. The summed E-state index contributed by atoms with van der Waals surface area (Å²) in [5, 5.41) is 0.808. The summed E-state index contributed by atoms with van der Waals surface area (Å²) in [5.74, 6) is 0.908. The lowest BCUT2D eigenvalue weighted by Gasteiger charge is -2.22. The zero-order valence-electron chi connectivity index (χ0n) is 13.3. The van der Waals surface area contributed by atoms with Crippen molar-refractivity contribution in [2.75, 3.05) is 18.8 Å². The Morgan fingerprint density at radius 3 is 2.77 bits per heavy atom. The summed E-state index contributed by atoms with van der Waals surface area (Å²) in [6.07, 6.45) is 4.35. The molecule has 22 heavy (non-hydrogen) atoms. The van der Waals surface area contributed by atoms with Gasteiger partial charge in [-0.15, -0.1) is 0 Å². The van der Waals surface area contributed by atoms with E-state index in [1.807, 2.05) is 18.7 Å². The van der Waals surface area contributed by atoms with Crippen molar-refractivity contribution in [1.29, 1.82) is 0 Å². The second-order valence-corrected chi connectivity index (χ2v) is 6.92. The van der Waals surface area contributed by atoms with Gasteiger partial charge in [-0.1, -0.05) is 11.8 Å². The number of nitrogens with zero attached hydrogens (tertiary/aromatic N) is 3. The van der Waals surface area contributed by atoms with E-state index in [9.17, 15) is 9.59 Å². The van der Waals surface area contributed by atoms with Crippen LogP contribution in [0.25, 0.3) is 0 Å². The van der Waals surface area contributed by atoms with E-state index in [0.717, 1.165) is 60.9 Å². The van der Waals surface area contributed by atoms with E-state index in [1.54, 1.807) is 16.3 Å². The lowest BCUT2D eigenvalue weighted by Crippen LogP contribution is -2.35. The Morgan fingerprint density at radius 2 is 2.05 bits per heavy atom. The molecule has 1 aliphatic heterocycles. The number of aryl methyl sites for hydroxylation is 1. The van der Waals surface area contributed by atoms with E-state index < -0.39 is 0 Å². The molecule has 1 atom stereocenters. The minimum atomic E-state index is -0.0414. The van der Waals surface area contributed by atoms with Crippen LogP contribution in [0.4, 0.5) is 0 Å². The van der Waals surface area contributed by atoms with Crippen molar-refractivity contribution >= 4 is 17.7 Å². The Balaban J connectivity index is 1.88. The van der Waals surface area contributed by atoms with Gasteiger partial charge in [0, 0.05) is 30.8 Å². The van der Waals surface area contributed by atoms with Gasteiger partial charge in [0.15, 0.2) is 5.16 Å². The van der Waals surface area contributed by atoms with Crippen molar-refractivity contribution in [3.05, 3.63) is 21.6 Å². The first kappa shape index (κ1) is 15.6. The fraction of sp³-hybridized carbons (Fsp3) is 0.688. The number of amides is 1. The molecule has 120 valence electrons. The van der Waals surface area contributed by atoms with Crippen LogP contribution in [0.15, 0.2) is 9.95 Å². The van der Waals surface area contributed by atoms with Crippen molar-refractivity contribution in [3.8, 4) is 0 Å². The Morgan fingerprint density at radius 1 is 1.32 bits per heavy atom. The maximum atomic E-state index is 12.8. The molecule has 0 saturated heterocycles. The van der Waals surface area contributed by atoms with Crippen LogP contribution in [-0.4, -0.2) is 39.2 Å². The maximum Gasteiger partial charge on any atom is 0.257 e.